The molecule has 1 aromatic carbocycles. The predicted molar refractivity (Wildman–Crippen MR) is 116 cm³/mol. The predicted octanol–water partition coefficient (Wildman–Crippen LogP) is 4.21. The molecule has 29 heavy (non-hydrogen) atoms. The summed E-state index contributed by atoms with van der Waals surface area (Å²) in [7, 11) is 1.70. The average molecular weight is 396 g/mol. The molecular weight excluding hydrogens is 362 g/mol. The molecule has 0 saturated carbocycles. The highest BCUT2D eigenvalue weighted by Gasteiger charge is 2.32. The van der Waals surface area contributed by atoms with Crippen molar-refractivity contribution in [3.05, 3.63) is 59.9 Å². The number of hydrogen-bond donors (Lipinski definition) is 1. The molecule has 0 aliphatic carbocycles. The number of carbonyl (C=O) groups excluding carboxylic acids is 1. The zero-order valence-corrected chi connectivity index (χ0v) is 18.0. The number of carbonyl (C=O) groups is 1. The largest absolute Gasteiger partial charge is 0.497 e. The fourth-order valence-corrected chi connectivity index (χ4v) is 3.82. The van der Waals surface area contributed by atoms with Crippen molar-refractivity contribution in [3.63, 3.8) is 0 Å². The van der Waals surface area contributed by atoms with Crippen LogP contribution < -0.4 is 10.1 Å². The Kier molecular flexibility index (Phi) is 6.91. The lowest BCUT2D eigenvalue weighted by molar-refractivity contribution is -0.129. The smallest absolute Gasteiger partial charge is 0.225 e. The molecule has 156 valence electrons. The number of nitrogens with one attached hydrogen (secondary N) is 1. The fraction of sp³-hybridized carbons (Fsp3) is 0.500. The third-order valence-electron chi connectivity index (χ3n) is 5.62. The average Bonchev–Trinajstić information content (AvgIpc) is 2.72. The third-order valence-corrected chi connectivity index (χ3v) is 5.62. The molecule has 1 aromatic heterocycles. The molecule has 1 N–H and O–H groups in total. The van der Waals surface area contributed by atoms with Gasteiger partial charge < -0.3 is 10.1 Å². The van der Waals surface area contributed by atoms with Crippen LogP contribution in [0.5, 0.6) is 5.75 Å². The number of methoxy groups -OCH3 is 1. The van der Waals surface area contributed by atoms with Gasteiger partial charge in [0.2, 0.25) is 5.91 Å². The zero-order valence-electron chi connectivity index (χ0n) is 18.0. The van der Waals surface area contributed by atoms with Gasteiger partial charge in [-0.15, -0.1) is 0 Å². The van der Waals surface area contributed by atoms with Crippen molar-refractivity contribution in [2.75, 3.05) is 20.2 Å². The van der Waals surface area contributed by atoms with Crippen LogP contribution in [0, 0.1) is 11.3 Å². The van der Waals surface area contributed by atoms with Crippen LogP contribution in [0.25, 0.3) is 0 Å². The van der Waals surface area contributed by atoms with Crippen LogP contribution in [0.2, 0.25) is 0 Å². The Bertz CT molecular complexity index is 793. The molecule has 0 bridgehead atoms. The van der Waals surface area contributed by atoms with Gasteiger partial charge in [-0.2, -0.15) is 0 Å². The van der Waals surface area contributed by atoms with Crippen LogP contribution in [0.1, 0.15) is 50.9 Å². The van der Waals surface area contributed by atoms with Gasteiger partial charge in [0.25, 0.3) is 0 Å². The highest BCUT2D eigenvalue weighted by Crippen LogP contribution is 2.31. The number of rotatable bonds is 6. The number of hydrogen-bond acceptors (Lipinski definition) is 4. The molecule has 1 fully saturated rings. The van der Waals surface area contributed by atoms with Crippen molar-refractivity contribution in [1.82, 2.24) is 15.2 Å². The maximum Gasteiger partial charge on any atom is 0.225 e. The van der Waals surface area contributed by atoms with Crippen molar-refractivity contribution in [2.45, 2.75) is 46.2 Å². The van der Waals surface area contributed by atoms with Gasteiger partial charge in [-0.05, 0) is 61.7 Å². The lowest BCUT2D eigenvalue weighted by Gasteiger charge is -2.37. The van der Waals surface area contributed by atoms with Crippen LogP contribution >= 0.6 is 0 Å². The fourth-order valence-electron chi connectivity index (χ4n) is 3.82. The second kappa shape index (κ2) is 9.40. The van der Waals surface area contributed by atoms with E-state index in [2.05, 4.69) is 27.3 Å². The van der Waals surface area contributed by atoms with Crippen LogP contribution in [-0.4, -0.2) is 36.0 Å². The Morgan fingerprint density at radius 2 is 1.97 bits per heavy atom. The monoisotopic (exact) mass is 395 g/mol. The summed E-state index contributed by atoms with van der Waals surface area (Å²) in [6.45, 7) is 8.80. The van der Waals surface area contributed by atoms with Crippen molar-refractivity contribution in [1.29, 1.82) is 0 Å². The first kappa shape index (κ1) is 21.3. The number of likely N-dealkylation sites (tertiary alicyclic amines) is 1. The van der Waals surface area contributed by atoms with Gasteiger partial charge in [0.15, 0.2) is 0 Å². The van der Waals surface area contributed by atoms with Crippen LogP contribution in [0.15, 0.2) is 48.7 Å². The standard InChI is InChI=1S/C24H33N3O2/c1-24(2,3)23(28)26-22(21-10-5-6-13-25-21)19-11-14-27(15-12-19)17-18-8-7-9-20(16-18)29-4/h5-10,13,16,19,22H,11-12,14-15,17H2,1-4H3,(H,26,28). The molecule has 0 radical (unpaired) electrons. The van der Waals surface area contributed by atoms with Crippen LogP contribution in [-0.2, 0) is 11.3 Å². The van der Waals surface area contributed by atoms with E-state index in [-0.39, 0.29) is 11.9 Å². The Morgan fingerprint density at radius 3 is 2.59 bits per heavy atom. The highest BCUT2D eigenvalue weighted by molar-refractivity contribution is 5.81. The Morgan fingerprint density at radius 1 is 1.21 bits per heavy atom. The maximum absolute atomic E-state index is 12.7. The first-order valence-electron chi connectivity index (χ1n) is 10.4. The minimum absolute atomic E-state index is 0.0399. The summed E-state index contributed by atoms with van der Waals surface area (Å²) in [4.78, 5) is 19.7. The molecular formula is C24H33N3O2. The molecule has 1 unspecified atom stereocenters. The number of pyridine rings is 1. The van der Waals surface area contributed by atoms with Gasteiger partial charge in [0.1, 0.15) is 5.75 Å². The van der Waals surface area contributed by atoms with Crippen molar-refractivity contribution in [3.8, 4) is 5.75 Å². The van der Waals surface area contributed by atoms with E-state index in [4.69, 9.17) is 4.74 Å². The lowest BCUT2D eigenvalue weighted by atomic mass is 9.85. The van der Waals surface area contributed by atoms with E-state index in [1.165, 1.54) is 5.56 Å². The van der Waals surface area contributed by atoms with E-state index in [1.54, 1.807) is 7.11 Å². The van der Waals surface area contributed by atoms with Gasteiger partial charge >= 0.3 is 0 Å². The van der Waals surface area contributed by atoms with Gasteiger partial charge in [-0.25, -0.2) is 0 Å². The van der Waals surface area contributed by atoms with Crippen molar-refractivity contribution < 1.29 is 9.53 Å². The quantitative estimate of drug-likeness (QED) is 0.796. The molecule has 2 aromatic rings. The minimum atomic E-state index is -0.417. The summed E-state index contributed by atoms with van der Waals surface area (Å²) in [6, 6.07) is 14.2. The number of amides is 1. The number of piperidine rings is 1. The summed E-state index contributed by atoms with van der Waals surface area (Å²) in [6.07, 6.45) is 3.88. The Balaban J connectivity index is 1.65. The number of aromatic nitrogens is 1. The summed E-state index contributed by atoms with van der Waals surface area (Å²) in [5, 5.41) is 3.29. The number of ether oxygens (including phenoxy) is 1. The van der Waals surface area contributed by atoms with E-state index in [0.29, 0.717) is 5.92 Å². The first-order chi connectivity index (χ1) is 13.9. The summed E-state index contributed by atoms with van der Waals surface area (Å²) >= 11 is 0. The molecule has 1 aliphatic rings. The number of nitrogens with zero attached hydrogens (tertiary/aromatic N) is 2. The van der Waals surface area contributed by atoms with Crippen molar-refractivity contribution >= 4 is 5.91 Å². The first-order valence-corrected chi connectivity index (χ1v) is 10.4. The van der Waals surface area contributed by atoms with Gasteiger partial charge in [-0.1, -0.05) is 39.0 Å². The molecule has 5 heteroatoms. The molecule has 1 aliphatic heterocycles. The molecule has 5 nitrogen and oxygen atoms in total. The SMILES string of the molecule is COc1cccc(CN2CCC(C(NC(=O)C(C)(C)C)c3ccccn3)CC2)c1. The van der Waals surface area contributed by atoms with Crippen molar-refractivity contribution in [2.24, 2.45) is 11.3 Å². The van der Waals surface area contributed by atoms with E-state index in [0.717, 1.165) is 43.9 Å². The highest BCUT2D eigenvalue weighted by atomic mass is 16.5. The third kappa shape index (κ3) is 5.80. The van der Waals surface area contributed by atoms with Crippen LogP contribution in [0.4, 0.5) is 0 Å². The molecule has 1 atom stereocenters. The molecule has 0 spiro atoms. The normalized spacial score (nSPS) is 17.0. The van der Waals surface area contributed by atoms with Gasteiger partial charge in [0.05, 0.1) is 18.8 Å². The maximum atomic E-state index is 12.7. The molecule has 3 rings (SSSR count). The van der Waals surface area contributed by atoms with Gasteiger partial charge in [0, 0.05) is 18.2 Å². The Hall–Kier alpha value is -2.40. The van der Waals surface area contributed by atoms with E-state index < -0.39 is 5.41 Å². The van der Waals surface area contributed by atoms with E-state index in [9.17, 15) is 4.79 Å². The summed E-state index contributed by atoms with van der Waals surface area (Å²) in [5.74, 6) is 1.36. The van der Waals surface area contributed by atoms with Crippen LogP contribution in [0.3, 0.4) is 0 Å². The number of benzene rings is 1. The second-order valence-corrected chi connectivity index (χ2v) is 8.92. The second-order valence-electron chi connectivity index (χ2n) is 8.92. The summed E-state index contributed by atoms with van der Waals surface area (Å²) < 4.78 is 5.34. The topological polar surface area (TPSA) is 54.5 Å². The molecule has 1 saturated heterocycles. The molecule has 2 heterocycles. The molecule has 1 amide bonds. The lowest BCUT2D eigenvalue weighted by Crippen LogP contribution is -2.44. The summed E-state index contributed by atoms with van der Waals surface area (Å²) in [5.41, 5.74) is 1.81. The zero-order chi connectivity index (χ0) is 20.9. The van der Waals surface area contributed by atoms with Gasteiger partial charge in [-0.3, -0.25) is 14.7 Å². The Labute approximate surface area is 174 Å². The van der Waals surface area contributed by atoms with E-state index in [1.807, 2.05) is 57.3 Å². The minimum Gasteiger partial charge on any atom is -0.497 e. The van der Waals surface area contributed by atoms with E-state index >= 15 is 0 Å².